The first-order valence-corrected chi connectivity index (χ1v) is 6.58. The highest BCUT2D eigenvalue weighted by atomic mass is 79.9. The van der Waals surface area contributed by atoms with Gasteiger partial charge in [0, 0.05) is 5.56 Å². The first-order valence-electron chi connectivity index (χ1n) is 6.58. The standard InChI is InChI=1S/C16H16N3O.BrH/c1-16(2)14-10-19(18-9-13(14)8-17-16)11-15(20)12-6-4-3-5-7-12;/h3-9,17H,11H2,1-2H3;1H/q+1;/p-1. The number of Topliss-reactive ketones (excluding diaryl/α,β-unsaturated/α-hetero) is 1. The van der Waals surface area contributed by atoms with Crippen molar-refractivity contribution in [3.05, 3.63) is 59.4 Å². The van der Waals surface area contributed by atoms with Crippen molar-refractivity contribution in [3.63, 3.8) is 0 Å². The molecule has 0 bridgehead atoms. The number of carbonyl (C=O) groups is 1. The van der Waals surface area contributed by atoms with Gasteiger partial charge in [-0.2, -0.15) is 0 Å². The Hall–Kier alpha value is -1.97. The lowest BCUT2D eigenvalue weighted by Gasteiger charge is -2.17. The van der Waals surface area contributed by atoms with Crippen molar-refractivity contribution in [3.8, 4) is 0 Å². The number of hydrazone groups is 1. The zero-order chi connectivity index (χ0) is 14.2. The molecule has 0 unspecified atom stereocenters. The van der Waals surface area contributed by atoms with Gasteiger partial charge in [-0.25, -0.2) is 0 Å². The molecule has 2 aliphatic heterocycles. The smallest absolute Gasteiger partial charge is 0.230 e. The summed E-state index contributed by atoms with van der Waals surface area (Å²) in [6, 6.07) is 9.25. The second kappa shape index (κ2) is 5.80. The highest BCUT2D eigenvalue weighted by Crippen LogP contribution is 2.30. The van der Waals surface area contributed by atoms with E-state index in [0.29, 0.717) is 5.56 Å². The van der Waals surface area contributed by atoms with E-state index in [0.717, 1.165) is 11.1 Å². The Bertz CT molecular complexity index is 632. The first-order chi connectivity index (χ1) is 9.56. The number of nitrogens with one attached hydrogen (secondary N) is 1. The number of fused-ring (bicyclic) bond motifs is 1. The van der Waals surface area contributed by atoms with Gasteiger partial charge in [0.25, 0.3) is 0 Å². The minimum atomic E-state index is -0.171. The second-order valence-electron chi connectivity index (χ2n) is 5.45. The van der Waals surface area contributed by atoms with Crippen LogP contribution in [0.3, 0.4) is 0 Å². The first kappa shape index (κ1) is 15.4. The Balaban J connectivity index is 0.00000161. The summed E-state index contributed by atoms with van der Waals surface area (Å²) in [7, 11) is 0. The number of hydrogen-bond acceptors (Lipinski definition) is 4. The van der Waals surface area contributed by atoms with E-state index >= 15 is 0 Å². The molecule has 2 heterocycles. The summed E-state index contributed by atoms with van der Waals surface area (Å²) >= 11 is 0. The number of ketones is 1. The third-order valence-electron chi connectivity index (χ3n) is 3.47. The van der Waals surface area contributed by atoms with Gasteiger partial charge < -0.3 is 22.3 Å². The van der Waals surface area contributed by atoms with Crippen LogP contribution >= 0.6 is 0 Å². The van der Waals surface area contributed by atoms with Crippen molar-refractivity contribution in [1.82, 2.24) is 10.3 Å². The normalized spacial score (nSPS) is 17.7. The van der Waals surface area contributed by atoms with Gasteiger partial charge in [-0.15, -0.1) is 10.1 Å². The van der Waals surface area contributed by atoms with Crippen molar-refractivity contribution in [2.75, 3.05) is 6.54 Å². The number of halogens is 1. The molecule has 0 radical (unpaired) electrons. The van der Waals surface area contributed by atoms with Crippen LogP contribution in [0.25, 0.3) is 0 Å². The fraction of sp³-hybridized carbons (Fsp3) is 0.250. The molecule has 0 saturated carbocycles. The van der Waals surface area contributed by atoms with Crippen molar-refractivity contribution >= 4 is 12.0 Å². The van der Waals surface area contributed by atoms with Crippen LogP contribution in [0.1, 0.15) is 24.2 Å². The summed E-state index contributed by atoms with van der Waals surface area (Å²) in [5, 5.41) is 9.11. The van der Waals surface area contributed by atoms with Gasteiger partial charge in [0.2, 0.25) is 11.8 Å². The van der Waals surface area contributed by atoms with Gasteiger partial charge in [0.05, 0.1) is 6.20 Å². The number of benzene rings is 1. The monoisotopic (exact) mass is 345 g/mol. The molecule has 0 saturated heterocycles. The molecule has 21 heavy (non-hydrogen) atoms. The summed E-state index contributed by atoms with van der Waals surface area (Å²) in [6.45, 7) is 4.36. The Kier molecular flexibility index (Phi) is 4.26. The zero-order valence-corrected chi connectivity index (χ0v) is 13.5. The zero-order valence-electron chi connectivity index (χ0n) is 11.9. The summed E-state index contributed by atoms with van der Waals surface area (Å²) in [5.74, 6) is 0.0343. The molecule has 0 aromatic heterocycles. The number of rotatable bonds is 3. The molecule has 3 rings (SSSR count). The number of hydrogen-bond donors (Lipinski definition) is 1. The minimum absolute atomic E-state index is 0. The van der Waals surface area contributed by atoms with Crippen LogP contribution in [0.15, 0.2) is 52.8 Å². The summed E-state index contributed by atoms with van der Waals surface area (Å²) < 4.78 is 0. The van der Waals surface area contributed by atoms with Crippen LogP contribution < -0.4 is 22.3 Å². The maximum atomic E-state index is 12.2. The minimum Gasteiger partial charge on any atom is -1.00 e. The van der Waals surface area contributed by atoms with Crippen LogP contribution in [-0.2, 0) is 0 Å². The average Bonchev–Trinajstić information content (AvgIpc) is 2.75. The molecular formula is C16H16BrN3O. The van der Waals surface area contributed by atoms with Gasteiger partial charge in [-0.05, 0) is 13.8 Å². The molecule has 1 N–H and O–H groups in total. The predicted octanol–water partition coefficient (Wildman–Crippen LogP) is -0.873. The van der Waals surface area contributed by atoms with Crippen LogP contribution in [0, 0.1) is 6.20 Å². The van der Waals surface area contributed by atoms with Crippen molar-refractivity contribution in [1.29, 1.82) is 0 Å². The fourth-order valence-electron chi connectivity index (χ4n) is 2.29. The second-order valence-corrected chi connectivity index (χ2v) is 5.45. The lowest BCUT2D eigenvalue weighted by molar-refractivity contribution is -0.0000125. The van der Waals surface area contributed by atoms with Crippen LogP contribution in [0.4, 0.5) is 0 Å². The maximum absolute atomic E-state index is 12.2. The van der Waals surface area contributed by atoms with E-state index in [1.54, 1.807) is 11.2 Å². The molecule has 0 fully saturated rings. The van der Waals surface area contributed by atoms with Gasteiger partial charge in [-0.1, -0.05) is 30.3 Å². The number of carbonyl (C=O) groups excluding carboxylic acids is 1. The lowest BCUT2D eigenvalue weighted by Crippen LogP contribution is -3.00. The Labute approximate surface area is 135 Å². The van der Waals surface area contributed by atoms with Crippen molar-refractivity contribution in [2.45, 2.75) is 19.4 Å². The number of nitrogens with zero attached hydrogens (tertiary/aromatic N) is 2. The van der Waals surface area contributed by atoms with Crippen molar-refractivity contribution < 1.29 is 21.8 Å². The highest BCUT2D eigenvalue weighted by molar-refractivity contribution is 5.98. The van der Waals surface area contributed by atoms with Crippen LogP contribution in [0.2, 0.25) is 0 Å². The maximum Gasteiger partial charge on any atom is 0.230 e. The van der Waals surface area contributed by atoms with E-state index in [2.05, 4.69) is 30.5 Å². The quantitative estimate of drug-likeness (QED) is 0.572. The topological polar surface area (TPSA) is 44.7 Å². The van der Waals surface area contributed by atoms with Crippen LogP contribution in [0.5, 0.6) is 0 Å². The lowest BCUT2D eigenvalue weighted by atomic mass is 9.93. The molecule has 1 aromatic rings. The molecule has 0 spiro atoms. The molecule has 5 heteroatoms. The average molecular weight is 346 g/mol. The van der Waals surface area contributed by atoms with E-state index in [1.807, 2.05) is 36.5 Å². The molecular weight excluding hydrogens is 330 g/mol. The van der Waals surface area contributed by atoms with Gasteiger partial charge in [-0.3, -0.25) is 4.79 Å². The Morgan fingerprint density at radius 1 is 1.33 bits per heavy atom. The van der Waals surface area contributed by atoms with E-state index in [9.17, 15) is 4.79 Å². The van der Waals surface area contributed by atoms with E-state index in [1.165, 1.54) is 0 Å². The molecule has 0 amide bonds. The molecule has 4 nitrogen and oxygen atoms in total. The summed E-state index contributed by atoms with van der Waals surface area (Å²) in [5.41, 5.74) is 2.59. The SMILES string of the molecule is CC1(C)NC=C2C=NN(CC(=O)c3ccccc3)[C+]=C21.[Br-]. The van der Waals surface area contributed by atoms with E-state index in [-0.39, 0.29) is 34.8 Å². The third-order valence-corrected chi connectivity index (χ3v) is 3.47. The molecule has 108 valence electrons. The largest absolute Gasteiger partial charge is 1.00 e. The van der Waals surface area contributed by atoms with Crippen molar-refractivity contribution in [2.24, 2.45) is 5.10 Å². The molecule has 1 aromatic carbocycles. The van der Waals surface area contributed by atoms with Gasteiger partial charge in [0.1, 0.15) is 18.3 Å². The molecule has 0 aliphatic carbocycles. The van der Waals surface area contributed by atoms with E-state index < -0.39 is 0 Å². The van der Waals surface area contributed by atoms with Gasteiger partial charge >= 0.3 is 0 Å². The Morgan fingerprint density at radius 3 is 2.76 bits per heavy atom. The fourth-order valence-corrected chi connectivity index (χ4v) is 2.29. The Morgan fingerprint density at radius 2 is 2.05 bits per heavy atom. The highest BCUT2D eigenvalue weighted by Gasteiger charge is 2.42. The third kappa shape index (κ3) is 3.04. The van der Waals surface area contributed by atoms with Crippen LogP contribution in [-0.4, -0.2) is 29.1 Å². The van der Waals surface area contributed by atoms with Gasteiger partial charge in [0.15, 0.2) is 11.4 Å². The molecule has 0 atom stereocenters. The summed E-state index contributed by atoms with van der Waals surface area (Å²) in [4.78, 5) is 12.2. The summed E-state index contributed by atoms with van der Waals surface area (Å²) in [6.07, 6.45) is 6.91. The predicted molar refractivity (Wildman–Crippen MR) is 78.0 cm³/mol. The molecule has 2 aliphatic rings. The van der Waals surface area contributed by atoms with E-state index in [4.69, 9.17) is 0 Å².